The zero-order valence-electron chi connectivity index (χ0n) is 16.5. The fourth-order valence-corrected chi connectivity index (χ4v) is 4.23. The predicted octanol–water partition coefficient (Wildman–Crippen LogP) is 1.03. The van der Waals surface area contributed by atoms with Gasteiger partial charge in [-0.25, -0.2) is 18.4 Å². The summed E-state index contributed by atoms with van der Waals surface area (Å²) in [5.41, 5.74) is 0.875. The molecule has 1 fully saturated rings. The Morgan fingerprint density at radius 2 is 2.14 bits per heavy atom. The quantitative estimate of drug-likeness (QED) is 0.631. The molecule has 3 N–H and O–H groups in total. The minimum absolute atomic E-state index is 0.0898. The third-order valence-corrected chi connectivity index (χ3v) is 5.77. The molecule has 0 spiro atoms. The standard InChI is InChI=1S/C18H27F2N7O2/c1-11-7-14-25(2)17(29)13(4-6-27(14)23-11)22-16(28)15-21-10-26(24-15)9-12-3-5-18(19,20)8-12/h7,10,12-13,16-17,22,28-29H,3-6,8-9H2,1-2H3/t12?,13-,16?,17?/m0/s1. The van der Waals surface area contributed by atoms with Gasteiger partial charge in [-0.05, 0) is 25.7 Å². The minimum atomic E-state index is -2.59. The van der Waals surface area contributed by atoms with Crippen LogP contribution >= 0.6 is 0 Å². The molecule has 2 aliphatic rings. The molecule has 2 aromatic heterocycles. The van der Waals surface area contributed by atoms with E-state index in [1.165, 1.54) is 11.0 Å². The molecule has 1 aliphatic heterocycles. The SMILES string of the molecule is Cc1cc2n(n1)CC[C@H](NC(O)c1ncn(CC3CCC(F)(F)C3)n1)C(O)N2C. The van der Waals surface area contributed by atoms with E-state index in [0.717, 1.165) is 11.5 Å². The third-order valence-electron chi connectivity index (χ3n) is 5.77. The van der Waals surface area contributed by atoms with Crippen LogP contribution in [-0.4, -0.2) is 60.0 Å². The maximum Gasteiger partial charge on any atom is 0.248 e. The first-order valence-corrected chi connectivity index (χ1v) is 9.88. The summed E-state index contributed by atoms with van der Waals surface area (Å²) in [7, 11) is 1.77. The van der Waals surface area contributed by atoms with E-state index in [1.54, 1.807) is 11.9 Å². The smallest absolute Gasteiger partial charge is 0.248 e. The van der Waals surface area contributed by atoms with Gasteiger partial charge in [0.05, 0.1) is 11.7 Å². The van der Waals surface area contributed by atoms with Crippen LogP contribution in [0.1, 0.15) is 43.4 Å². The Balaban J connectivity index is 1.37. The number of aryl methyl sites for hydroxylation is 2. The van der Waals surface area contributed by atoms with Crippen molar-refractivity contribution in [3.63, 3.8) is 0 Å². The van der Waals surface area contributed by atoms with Crippen LogP contribution in [0.5, 0.6) is 0 Å². The number of anilines is 1. The monoisotopic (exact) mass is 411 g/mol. The van der Waals surface area contributed by atoms with Gasteiger partial charge in [-0.3, -0.25) is 10.00 Å². The topological polar surface area (TPSA) is 104 Å². The fraction of sp³-hybridized carbons (Fsp3) is 0.722. The van der Waals surface area contributed by atoms with Crippen molar-refractivity contribution in [1.29, 1.82) is 0 Å². The Kier molecular flexibility index (Phi) is 5.30. The van der Waals surface area contributed by atoms with Crippen LogP contribution in [0.4, 0.5) is 14.6 Å². The first kappa shape index (κ1) is 20.2. The summed E-state index contributed by atoms with van der Waals surface area (Å²) in [5.74, 6) is -1.77. The van der Waals surface area contributed by atoms with E-state index in [9.17, 15) is 19.0 Å². The van der Waals surface area contributed by atoms with Crippen LogP contribution in [-0.2, 0) is 13.1 Å². The maximum absolute atomic E-state index is 13.4. The number of rotatable bonds is 5. The molecule has 1 saturated carbocycles. The van der Waals surface area contributed by atoms with Gasteiger partial charge in [0.15, 0.2) is 12.1 Å². The van der Waals surface area contributed by atoms with Crippen molar-refractivity contribution in [3.8, 4) is 0 Å². The van der Waals surface area contributed by atoms with Crippen molar-refractivity contribution in [2.24, 2.45) is 5.92 Å². The average molecular weight is 411 g/mol. The molecule has 29 heavy (non-hydrogen) atoms. The number of aliphatic hydroxyl groups is 2. The minimum Gasteiger partial charge on any atom is -0.372 e. The predicted molar refractivity (Wildman–Crippen MR) is 100 cm³/mol. The molecule has 0 amide bonds. The van der Waals surface area contributed by atoms with Crippen LogP contribution < -0.4 is 10.2 Å². The Hall–Kier alpha value is -2.11. The second-order valence-electron chi connectivity index (χ2n) is 8.15. The van der Waals surface area contributed by atoms with Gasteiger partial charge < -0.3 is 15.1 Å². The third kappa shape index (κ3) is 4.26. The van der Waals surface area contributed by atoms with Gasteiger partial charge in [0.25, 0.3) is 0 Å². The summed E-state index contributed by atoms with van der Waals surface area (Å²) in [6.45, 7) is 2.84. The highest BCUT2D eigenvalue weighted by atomic mass is 19.3. The second kappa shape index (κ2) is 7.62. The van der Waals surface area contributed by atoms with Crippen molar-refractivity contribution >= 4 is 5.82 Å². The van der Waals surface area contributed by atoms with Crippen molar-refractivity contribution < 1.29 is 19.0 Å². The Labute approximate surface area is 167 Å². The number of hydrogen-bond donors (Lipinski definition) is 3. The highest BCUT2D eigenvalue weighted by Gasteiger charge is 2.39. The average Bonchev–Trinajstić information content (AvgIpc) is 3.34. The highest BCUT2D eigenvalue weighted by Crippen LogP contribution is 2.39. The molecule has 0 bridgehead atoms. The van der Waals surface area contributed by atoms with Crippen LogP contribution in [0.3, 0.4) is 0 Å². The zero-order chi connectivity index (χ0) is 20.8. The molecular formula is C18H27F2N7O2. The lowest BCUT2D eigenvalue weighted by atomic mass is 10.1. The number of hydrogen-bond acceptors (Lipinski definition) is 7. The van der Waals surface area contributed by atoms with Crippen molar-refractivity contribution in [2.45, 2.75) is 70.1 Å². The highest BCUT2D eigenvalue weighted by molar-refractivity contribution is 5.41. The Bertz CT molecular complexity index is 855. The summed E-state index contributed by atoms with van der Waals surface area (Å²) in [4.78, 5) is 5.82. The number of likely N-dealkylation sites (N-methyl/N-ethyl adjacent to an activating group) is 1. The van der Waals surface area contributed by atoms with Gasteiger partial charge >= 0.3 is 0 Å². The van der Waals surface area contributed by atoms with Crippen LogP contribution in [0, 0.1) is 12.8 Å². The molecule has 3 unspecified atom stereocenters. The van der Waals surface area contributed by atoms with E-state index >= 15 is 0 Å². The lowest BCUT2D eigenvalue weighted by Gasteiger charge is -2.30. The maximum atomic E-state index is 13.4. The molecule has 11 heteroatoms. The molecule has 0 saturated heterocycles. The zero-order valence-corrected chi connectivity index (χ0v) is 16.5. The molecule has 160 valence electrons. The fourth-order valence-electron chi connectivity index (χ4n) is 4.23. The Morgan fingerprint density at radius 3 is 2.86 bits per heavy atom. The number of fused-ring (bicyclic) bond motifs is 1. The molecule has 9 nitrogen and oxygen atoms in total. The first-order valence-electron chi connectivity index (χ1n) is 9.88. The number of nitrogens with zero attached hydrogens (tertiary/aromatic N) is 6. The molecule has 0 radical (unpaired) electrons. The van der Waals surface area contributed by atoms with E-state index in [2.05, 4.69) is 20.5 Å². The normalized spacial score (nSPS) is 27.7. The van der Waals surface area contributed by atoms with E-state index in [4.69, 9.17) is 0 Å². The number of aliphatic hydroxyl groups excluding tert-OH is 2. The van der Waals surface area contributed by atoms with E-state index in [-0.39, 0.29) is 24.6 Å². The lowest BCUT2D eigenvalue weighted by molar-refractivity contribution is 0.00418. The summed E-state index contributed by atoms with van der Waals surface area (Å²) in [5, 5.41) is 32.9. The van der Waals surface area contributed by atoms with Gasteiger partial charge in [0.2, 0.25) is 5.92 Å². The van der Waals surface area contributed by atoms with Gasteiger partial charge in [-0.1, -0.05) is 0 Å². The van der Waals surface area contributed by atoms with Gasteiger partial charge in [-0.2, -0.15) is 10.2 Å². The van der Waals surface area contributed by atoms with E-state index in [1.807, 2.05) is 17.7 Å². The van der Waals surface area contributed by atoms with E-state index < -0.39 is 24.4 Å². The van der Waals surface area contributed by atoms with E-state index in [0.29, 0.717) is 25.9 Å². The Morgan fingerprint density at radius 1 is 1.34 bits per heavy atom. The molecule has 4 rings (SSSR count). The number of aromatic nitrogens is 5. The summed E-state index contributed by atoms with van der Waals surface area (Å²) < 4.78 is 30.1. The summed E-state index contributed by atoms with van der Waals surface area (Å²) in [6.07, 6.45) is 0.175. The second-order valence-corrected chi connectivity index (χ2v) is 8.15. The number of nitrogens with one attached hydrogen (secondary N) is 1. The number of alkyl halides is 2. The molecule has 3 heterocycles. The van der Waals surface area contributed by atoms with Crippen LogP contribution in [0.25, 0.3) is 0 Å². The first-order chi connectivity index (χ1) is 13.7. The largest absolute Gasteiger partial charge is 0.372 e. The molecule has 2 aromatic rings. The van der Waals surface area contributed by atoms with Gasteiger partial charge in [-0.15, -0.1) is 0 Å². The van der Waals surface area contributed by atoms with Crippen LogP contribution in [0.2, 0.25) is 0 Å². The molecule has 0 aromatic carbocycles. The van der Waals surface area contributed by atoms with Crippen molar-refractivity contribution in [2.75, 3.05) is 11.9 Å². The summed E-state index contributed by atoms with van der Waals surface area (Å²) in [6, 6.07) is 1.47. The lowest BCUT2D eigenvalue weighted by Crippen LogP contribution is -2.49. The summed E-state index contributed by atoms with van der Waals surface area (Å²) >= 11 is 0. The number of halogens is 2. The molecular weight excluding hydrogens is 384 g/mol. The van der Waals surface area contributed by atoms with Gasteiger partial charge in [0, 0.05) is 39.0 Å². The van der Waals surface area contributed by atoms with Gasteiger partial charge in [0.1, 0.15) is 18.4 Å². The molecule has 1 aliphatic carbocycles. The van der Waals surface area contributed by atoms with Crippen molar-refractivity contribution in [3.05, 3.63) is 23.9 Å². The van der Waals surface area contributed by atoms with Crippen molar-refractivity contribution in [1.82, 2.24) is 29.9 Å². The molecule has 4 atom stereocenters. The van der Waals surface area contributed by atoms with Crippen LogP contribution in [0.15, 0.2) is 12.4 Å².